The fraction of sp³-hybridized carbons (Fsp3) is 0.467. The number of hydrogen-bond donors (Lipinski definition) is 4. The lowest BCUT2D eigenvalue weighted by Gasteiger charge is -2.28. The molecule has 0 aliphatic carbocycles. The van der Waals surface area contributed by atoms with Crippen LogP contribution < -0.4 is 10.6 Å². The van der Waals surface area contributed by atoms with Crippen molar-refractivity contribution in [1.82, 2.24) is 10.6 Å². The molecule has 0 aromatic heterocycles. The Kier molecular flexibility index (Phi) is 6.17. The van der Waals surface area contributed by atoms with E-state index in [1.165, 1.54) is 12.1 Å². The van der Waals surface area contributed by atoms with Crippen LogP contribution in [0.3, 0.4) is 0 Å². The van der Waals surface area contributed by atoms with Crippen LogP contribution in [0.15, 0.2) is 24.3 Å². The van der Waals surface area contributed by atoms with Crippen molar-refractivity contribution in [2.45, 2.75) is 38.8 Å². The average Bonchev–Trinajstić information content (AvgIpc) is 2.45. The second-order valence-electron chi connectivity index (χ2n) is 5.28. The Labute approximate surface area is 124 Å². The van der Waals surface area contributed by atoms with Gasteiger partial charge >= 0.3 is 12.0 Å². The Morgan fingerprint density at radius 1 is 1.24 bits per heavy atom. The minimum absolute atomic E-state index is 0.123. The molecule has 1 rings (SSSR count). The van der Waals surface area contributed by atoms with E-state index in [1.54, 1.807) is 19.1 Å². The summed E-state index contributed by atoms with van der Waals surface area (Å²) in [5.74, 6) is -0.981. The molecule has 1 aromatic carbocycles. The van der Waals surface area contributed by atoms with Gasteiger partial charge in [0, 0.05) is 6.54 Å². The van der Waals surface area contributed by atoms with E-state index in [2.05, 4.69) is 10.6 Å². The van der Waals surface area contributed by atoms with E-state index < -0.39 is 11.5 Å². The van der Waals surface area contributed by atoms with Gasteiger partial charge in [-0.1, -0.05) is 25.5 Å². The number of carbonyl (C=O) groups excluding carboxylic acids is 1. The maximum atomic E-state index is 11.8. The third-order valence-electron chi connectivity index (χ3n) is 3.22. The summed E-state index contributed by atoms with van der Waals surface area (Å²) in [6.07, 6.45) is 1.54. The molecule has 0 heterocycles. The third-order valence-corrected chi connectivity index (χ3v) is 3.22. The van der Waals surface area contributed by atoms with Gasteiger partial charge in [0.2, 0.25) is 0 Å². The highest BCUT2D eigenvalue weighted by molar-refractivity contribution is 5.87. The zero-order chi connectivity index (χ0) is 15.9. The number of nitrogens with one attached hydrogen (secondary N) is 2. The van der Waals surface area contributed by atoms with Crippen LogP contribution in [0, 0.1) is 0 Å². The molecule has 1 aromatic rings. The zero-order valence-electron chi connectivity index (χ0n) is 12.3. The molecule has 0 spiro atoms. The molecule has 0 aliphatic rings. The largest absolute Gasteiger partial charge is 0.478 e. The molecule has 0 saturated carbocycles. The Morgan fingerprint density at radius 2 is 1.86 bits per heavy atom. The zero-order valence-corrected chi connectivity index (χ0v) is 12.3. The Balaban J connectivity index is 2.51. The Bertz CT molecular complexity index is 487. The van der Waals surface area contributed by atoms with Crippen LogP contribution in [0.4, 0.5) is 4.79 Å². The normalized spacial score (nSPS) is 13.3. The number of amides is 2. The number of urea groups is 1. The molecule has 0 saturated heterocycles. The lowest BCUT2D eigenvalue weighted by atomic mass is 9.98. The molecule has 4 N–H and O–H groups in total. The SMILES string of the molecule is CCCC(C)(CO)NC(=O)NCc1ccc(C(=O)O)cc1. The van der Waals surface area contributed by atoms with Crippen molar-refractivity contribution >= 4 is 12.0 Å². The Morgan fingerprint density at radius 3 is 2.33 bits per heavy atom. The molecule has 21 heavy (non-hydrogen) atoms. The highest BCUT2D eigenvalue weighted by atomic mass is 16.4. The number of hydrogen-bond acceptors (Lipinski definition) is 3. The molecule has 116 valence electrons. The first-order valence-electron chi connectivity index (χ1n) is 6.89. The van der Waals surface area contributed by atoms with Gasteiger partial charge in [0.15, 0.2) is 0 Å². The molecule has 1 atom stereocenters. The molecule has 2 amide bonds. The summed E-state index contributed by atoms with van der Waals surface area (Å²) in [5, 5.41) is 23.6. The molecule has 1 unspecified atom stereocenters. The third kappa shape index (κ3) is 5.43. The lowest BCUT2D eigenvalue weighted by molar-refractivity contribution is 0.0697. The molecule has 0 aliphatic heterocycles. The van der Waals surface area contributed by atoms with Crippen LogP contribution in [0.2, 0.25) is 0 Å². The van der Waals surface area contributed by atoms with Crippen LogP contribution in [-0.4, -0.2) is 34.4 Å². The summed E-state index contributed by atoms with van der Waals surface area (Å²) in [5.41, 5.74) is 0.377. The quantitative estimate of drug-likeness (QED) is 0.615. The van der Waals surface area contributed by atoms with E-state index in [0.29, 0.717) is 13.0 Å². The first-order chi connectivity index (χ1) is 9.90. The number of carboxylic acid groups (broad SMARTS) is 1. The van der Waals surface area contributed by atoms with Crippen molar-refractivity contribution in [3.8, 4) is 0 Å². The van der Waals surface area contributed by atoms with Gasteiger partial charge in [-0.3, -0.25) is 0 Å². The van der Waals surface area contributed by atoms with Crippen molar-refractivity contribution < 1.29 is 19.8 Å². The molecule has 6 nitrogen and oxygen atoms in total. The number of carboxylic acids is 1. The van der Waals surface area contributed by atoms with Gasteiger partial charge in [0.25, 0.3) is 0 Å². The molecule has 6 heteroatoms. The average molecular weight is 294 g/mol. The predicted octanol–water partition coefficient (Wildman–Crippen LogP) is 1.74. The number of benzene rings is 1. The Hall–Kier alpha value is -2.08. The van der Waals surface area contributed by atoms with Gasteiger partial charge in [-0.25, -0.2) is 9.59 Å². The van der Waals surface area contributed by atoms with Gasteiger partial charge in [0.05, 0.1) is 17.7 Å². The van der Waals surface area contributed by atoms with E-state index in [-0.39, 0.29) is 18.2 Å². The van der Waals surface area contributed by atoms with Crippen LogP contribution in [0.1, 0.15) is 42.6 Å². The summed E-state index contributed by atoms with van der Waals surface area (Å²) in [4.78, 5) is 22.5. The van der Waals surface area contributed by atoms with Gasteiger partial charge in [-0.05, 0) is 31.0 Å². The first kappa shape index (κ1) is 17.0. The number of aromatic carboxylic acids is 1. The molecule has 0 radical (unpaired) electrons. The van der Waals surface area contributed by atoms with Crippen molar-refractivity contribution in [2.75, 3.05) is 6.61 Å². The highest BCUT2D eigenvalue weighted by Gasteiger charge is 2.24. The lowest BCUT2D eigenvalue weighted by Crippen LogP contribution is -2.52. The predicted molar refractivity (Wildman–Crippen MR) is 79.2 cm³/mol. The van der Waals surface area contributed by atoms with Crippen molar-refractivity contribution in [2.24, 2.45) is 0 Å². The van der Waals surface area contributed by atoms with E-state index in [4.69, 9.17) is 5.11 Å². The summed E-state index contributed by atoms with van der Waals surface area (Å²) < 4.78 is 0. The molecule has 0 fully saturated rings. The van der Waals surface area contributed by atoms with E-state index in [0.717, 1.165) is 12.0 Å². The fourth-order valence-corrected chi connectivity index (χ4v) is 2.00. The van der Waals surface area contributed by atoms with E-state index in [1.807, 2.05) is 6.92 Å². The van der Waals surface area contributed by atoms with Crippen LogP contribution >= 0.6 is 0 Å². The van der Waals surface area contributed by atoms with Crippen LogP contribution in [-0.2, 0) is 6.54 Å². The summed E-state index contributed by atoms with van der Waals surface area (Å²) >= 11 is 0. The summed E-state index contributed by atoms with van der Waals surface area (Å²) in [6, 6.07) is 5.93. The second kappa shape index (κ2) is 7.64. The van der Waals surface area contributed by atoms with Gasteiger partial charge in [-0.15, -0.1) is 0 Å². The highest BCUT2D eigenvalue weighted by Crippen LogP contribution is 2.11. The first-order valence-corrected chi connectivity index (χ1v) is 6.89. The monoisotopic (exact) mass is 294 g/mol. The van der Waals surface area contributed by atoms with E-state index in [9.17, 15) is 14.7 Å². The van der Waals surface area contributed by atoms with Crippen molar-refractivity contribution in [3.63, 3.8) is 0 Å². The number of aliphatic hydroxyl groups is 1. The molecular weight excluding hydrogens is 272 g/mol. The van der Waals surface area contributed by atoms with Crippen LogP contribution in [0.25, 0.3) is 0 Å². The van der Waals surface area contributed by atoms with Gasteiger partial charge in [-0.2, -0.15) is 0 Å². The van der Waals surface area contributed by atoms with Gasteiger partial charge in [0.1, 0.15) is 0 Å². The van der Waals surface area contributed by atoms with Gasteiger partial charge < -0.3 is 20.8 Å². The van der Waals surface area contributed by atoms with Crippen LogP contribution in [0.5, 0.6) is 0 Å². The summed E-state index contributed by atoms with van der Waals surface area (Å²) in [7, 11) is 0. The van der Waals surface area contributed by atoms with E-state index >= 15 is 0 Å². The molecular formula is C15H22N2O4. The number of aliphatic hydroxyl groups excluding tert-OH is 1. The number of rotatable bonds is 7. The maximum Gasteiger partial charge on any atom is 0.335 e. The summed E-state index contributed by atoms with van der Waals surface area (Å²) in [6.45, 7) is 3.94. The smallest absolute Gasteiger partial charge is 0.335 e. The minimum atomic E-state index is -0.981. The topological polar surface area (TPSA) is 98.7 Å². The number of carbonyl (C=O) groups is 2. The fourth-order valence-electron chi connectivity index (χ4n) is 2.00. The maximum absolute atomic E-state index is 11.8. The molecule has 0 bridgehead atoms. The van der Waals surface area contributed by atoms with Crippen molar-refractivity contribution in [1.29, 1.82) is 0 Å². The van der Waals surface area contributed by atoms with Crippen molar-refractivity contribution in [3.05, 3.63) is 35.4 Å². The minimum Gasteiger partial charge on any atom is -0.478 e. The standard InChI is InChI=1S/C15H22N2O4/c1-3-8-15(2,10-18)17-14(21)16-9-11-4-6-12(7-5-11)13(19)20/h4-7,18H,3,8-10H2,1-2H3,(H,19,20)(H2,16,17,21). The second-order valence-corrected chi connectivity index (χ2v) is 5.28.